The van der Waals surface area contributed by atoms with Gasteiger partial charge in [0.1, 0.15) is 0 Å². The van der Waals surface area contributed by atoms with Gasteiger partial charge >= 0.3 is 41.5 Å². The van der Waals surface area contributed by atoms with Gasteiger partial charge in [-0.3, -0.25) is 14.1 Å². The van der Waals surface area contributed by atoms with Crippen molar-refractivity contribution in [3.05, 3.63) is 0 Å². The molecule has 0 aromatic rings. The molecule has 0 fully saturated rings. The molecule has 0 heterocycles. The average molecular weight is 362 g/mol. The Labute approximate surface area is 159 Å². The fourth-order valence-electron chi connectivity index (χ4n) is 3.27. The first-order valence-corrected chi connectivity index (χ1v) is 8.90. The number of carboxylic acids is 2. The van der Waals surface area contributed by atoms with Crippen molar-refractivity contribution in [2.75, 3.05) is 0 Å². The average Bonchev–Trinajstić information content (AvgIpc) is 2.40. The fourth-order valence-corrected chi connectivity index (χ4v) is 4.73. The number of rotatable bonds is 11. The maximum atomic E-state index is 11.9. The van der Waals surface area contributed by atoms with E-state index in [2.05, 4.69) is 0 Å². The molecule has 0 aromatic carbocycles. The second kappa shape index (κ2) is 9.98. The van der Waals surface area contributed by atoms with Crippen LogP contribution in [0.1, 0.15) is 65.7 Å². The SMILES string of the molecule is CCCCCC(CC)(CC)C(CC(=O)O)(C(=O)O)S(=O)(=O)O.[NaH]. The molecule has 3 N–H and O–H groups in total. The number of hydrogen-bond acceptors (Lipinski definition) is 4. The van der Waals surface area contributed by atoms with Crippen LogP contribution in [0.3, 0.4) is 0 Å². The predicted molar refractivity (Wildman–Crippen MR) is 88.5 cm³/mol. The molecule has 0 saturated heterocycles. The Kier molecular flexibility index (Phi) is 10.9. The van der Waals surface area contributed by atoms with Gasteiger partial charge in [-0.25, -0.2) is 0 Å². The maximum absolute atomic E-state index is 11.9. The number of unbranched alkanes of at least 4 members (excludes halogenated alkanes) is 2. The van der Waals surface area contributed by atoms with Crippen LogP contribution in [-0.4, -0.2) is 69.4 Å². The number of hydrogen-bond donors (Lipinski definition) is 3. The van der Waals surface area contributed by atoms with E-state index in [1.54, 1.807) is 13.8 Å². The Morgan fingerprint density at radius 1 is 1.00 bits per heavy atom. The summed E-state index contributed by atoms with van der Waals surface area (Å²) in [7, 11) is -5.12. The molecule has 0 aromatic heterocycles. The van der Waals surface area contributed by atoms with Crippen LogP contribution < -0.4 is 0 Å². The molecule has 1 unspecified atom stereocenters. The van der Waals surface area contributed by atoms with E-state index in [1.807, 2.05) is 6.92 Å². The van der Waals surface area contributed by atoms with Gasteiger partial charge in [-0.15, -0.1) is 0 Å². The van der Waals surface area contributed by atoms with Crippen molar-refractivity contribution in [3.63, 3.8) is 0 Å². The van der Waals surface area contributed by atoms with Gasteiger partial charge in [0.15, 0.2) is 0 Å². The van der Waals surface area contributed by atoms with Gasteiger partial charge in [-0.1, -0.05) is 40.0 Å². The fraction of sp³-hybridized carbons (Fsp3) is 0.857. The first-order valence-electron chi connectivity index (χ1n) is 7.46. The van der Waals surface area contributed by atoms with Crippen molar-refractivity contribution in [2.45, 2.75) is 70.5 Å². The van der Waals surface area contributed by atoms with E-state index in [0.717, 1.165) is 12.8 Å². The third kappa shape index (κ3) is 5.16. The van der Waals surface area contributed by atoms with Gasteiger partial charge in [0.05, 0.1) is 6.42 Å². The van der Waals surface area contributed by atoms with Crippen molar-refractivity contribution in [2.24, 2.45) is 5.41 Å². The zero-order chi connectivity index (χ0) is 17.6. The monoisotopic (exact) mass is 362 g/mol. The summed E-state index contributed by atoms with van der Waals surface area (Å²) < 4.78 is 30.8. The number of aliphatic carboxylic acids is 2. The molecular weight excluding hydrogens is 335 g/mol. The van der Waals surface area contributed by atoms with Crippen LogP contribution in [0, 0.1) is 5.41 Å². The summed E-state index contributed by atoms with van der Waals surface area (Å²) in [6.07, 6.45) is 1.56. The summed E-state index contributed by atoms with van der Waals surface area (Å²) in [5.74, 6) is -3.38. The van der Waals surface area contributed by atoms with E-state index in [9.17, 15) is 27.7 Å². The first kappa shape index (κ1) is 25.1. The summed E-state index contributed by atoms with van der Waals surface area (Å²) in [6, 6.07) is 0. The van der Waals surface area contributed by atoms with Crippen LogP contribution >= 0.6 is 0 Å². The molecule has 0 spiro atoms. The zero-order valence-corrected chi connectivity index (χ0v) is 14.1. The predicted octanol–water partition coefficient (Wildman–Crippen LogP) is 1.91. The molecular formula is C14H27NaO7S. The Balaban J connectivity index is 0. The van der Waals surface area contributed by atoms with Gasteiger partial charge in [0.25, 0.3) is 10.1 Å². The van der Waals surface area contributed by atoms with Crippen LogP contribution in [0.5, 0.6) is 0 Å². The van der Waals surface area contributed by atoms with Gasteiger partial charge in [0.2, 0.25) is 4.75 Å². The van der Waals surface area contributed by atoms with Crippen LogP contribution in [0.25, 0.3) is 0 Å². The van der Waals surface area contributed by atoms with Crippen molar-refractivity contribution in [3.8, 4) is 0 Å². The van der Waals surface area contributed by atoms with Gasteiger partial charge in [-0.05, 0) is 19.3 Å². The Morgan fingerprint density at radius 2 is 1.48 bits per heavy atom. The van der Waals surface area contributed by atoms with E-state index in [1.165, 1.54) is 0 Å². The molecule has 0 rings (SSSR count). The quantitative estimate of drug-likeness (QED) is 0.291. The summed E-state index contributed by atoms with van der Waals surface area (Å²) in [6.45, 7) is 5.20. The van der Waals surface area contributed by atoms with E-state index < -0.39 is 38.6 Å². The minimum absolute atomic E-state index is 0. The molecule has 7 nitrogen and oxygen atoms in total. The van der Waals surface area contributed by atoms with Crippen LogP contribution in [0.2, 0.25) is 0 Å². The van der Waals surface area contributed by atoms with Gasteiger partial charge in [0, 0.05) is 5.41 Å². The van der Waals surface area contributed by atoms with Crippen LogP contribution in [0.15, 0.2) is 0 Å². The van der Waals surface area contributed by atoms with Gasteiger partial charge < -0.3 is 10.2 Å². The molecule has 0 radical (unpaired) electrons. The summed E-state index contributed by atoms with van der Waals surface area (Å²) >= 11 is 0. The zero-order valence-electron chi connectivity index (χ0n) is 13.3. The number of carbonyl (C=O) groups is 2. The van der Waals surface area contributed by atoms with Gasteiger partial charge in [-0.2, -0.15) is 8.42 Å². The van der Waals surface area contributed by atoms with E-state index in [4.69, 9.17) is 5.11 Å². The molecule has 0 saturated carbocycles. The van der Waals surface area contributed by atoms with E-state index >= 15 is 0 Å². The Hall–Kier alpha value is -0.150. The number of carboxylic acid groups (broad SMARTS) is 2. The van der Waals surface area contributed by atoms with Crippen molar-refractivity contribution >= 4 is 51.6 Å². The molecule has 0 aliphatic heterocycles. The molecule has 23 heavy (non-hydrogen) atoms. The molecule has 0 aliphatic carbocycles. The third-order valence-electron chi connectivity index (χ3n) is 4.66. The Bertz CT molecular complexity index is 499. The molecule has 1 atom stereocenters. The van der Waals surface area contributed by atoms with E-state index in [-0.39, 0.29) is 48.8 Å². The van der Waals surface area contributed by atoms with Crippen molar-refractivity contribution in [1.82, 2.24) is 0 Å². The standard InChI is InChI=1S/C14H26O7S.Na.H/c1-4-7-8-9-13(5-2,6-3)14(12(17)18,10-11(15)16)22(19,20)21;;/h4-10H2,1-3H3,(H,15,16)(H,17,18)(H,19,20,21);;. The van der Waals surface area contributed by atoms with Crippen LogP contribution in [-0.2, 0) is 19.7 Å². The molecule has 132 valence electrons. The normalized spacial score (nSPS) is 14.6. The Morgan fingerprint density at radius 3 is 1.74 bits per heavy atom. The summed E-state index contributed by atoms with van der Waals surface area (Å²) in [5, 5.41) is 18.6. The summed E-state index contributed by atoms with van der Waals surface area (Å²) in [4.78, 5) is 22.9. The second-order valence-corrected chi connectivity index (χ2v) is 7.27. The second-order valence-electron chi connectivity index (χ2n) is 5.62. The molecule has 9 heteroatoms. The topological polar surface area (TPSA) is 129 Å². The third-order valence-corrected chi connectivity index (χ3v) is 6.29. The van der Waals surface area contributed by atoms with Crippen molar-refractivity contribution < 1.29 is 32.8 Å². The first-order chi connectivity index (χ1) is 10.0. The molecule has 0 bridgehead atoms. The van der Waals surface area contributed by atoms with Crippen LogP contribution in [0.4, 0.5) is 0 Å². The minimum atomic E-state index is -5.12. The van der Waals surface area contributed by atoms with E-state index in [0.29, 0.717) is 6.42 Å². The summed E-state index contributed by atoms with van der Waals surface area (Å²) in [5.41, 5.74) is -1.33. The molecule has 0 aliphatic rings. The molecule has 0 amide bonds. The van der Waals surface area contributed by atoms with Crippen molar-refractivity contribution in [1.29, 1.82) is 0 Å².